The van der Waals surface area contributed by atoms with E-state index in [-0.39, 0.29) is 6.03 Å². The van der Waals surface area contributed by atoms with Crippen LogP contribution in [0.25, 0.3) is 11.0 Å². The Bertz CT molecular complexity index is 754. The van der Waals surface area contributed by atoms with Gasteiger partial charge >= 0.3 is 6.03 Å². The number of rotatable bonds is 4. The van der Waals surface area contributed by atoms with E-state index in [1.807, 2.05) is 24.3 Å². The molecule has 0 aliphatic carbocycles. The van der Waals surface area contributed by atoms with Gasteiger partial charge in [-0.15, -0.1) is 0 Å². The van der Waals surface area contributed by atoms with Crippen LogP contribution in [0.1, 0.15) is 33.1 Å². The van der Waals surface area contributed by atoms with E-state index in [0.717, 1.165) is 36.2 Å². The number of benzene rings is 1. The lowest BCUT2D eigenvalue weighted by Crippen LogP contribution is -2.48. The van der Waals surface area contributed by atoms with Crippen molar-refractivity contribution in [1.29, 1.82) is 0 Å². The number of morpholine rings is 1. The second-order valence-corrected chi connectivity index (χ2v) is 7.48. The van der Waals surface area contributed by atoms with Crippen LogP contribution in [0, 0.1) is 5.92 Å². The Hall–Kier alpha value is -2.08. The van der Waals surface area contributed by atoms with Gasteiger partial charge in [0.1, 0.15) is 0 Å². The summed E-state index contributed by atoms with van der Waals surface area (Å²) < 4.78 is 7.45. The molecule has 2 saturated heterocycles. The van der Waals surface area contributed by atoms with Crippen LogP contribution >= 0.6 is 0 Å². The number of aromatic nitrogens is 2. The maximum atomic E-state index is 13.0. The SMILES string of the molecule is CC(C)CCNC(=O)n1c(N2[C@@H]3CC[C@H]2COC3)nc2ccccc21. The van der Waals surface area contributed by atoms with Crippen molar-refractivity contribution in [2.24, 2.45) is 5.92 Å². The van der Waals surface area contributed by atoms with Crippen molar-refractivity contribution in [3.63, 3.8) is 0 Å². The molecule has 1 amide bonds. The van der Waals surface area contributed by atoms with E-state index >= 15 is 0 Å². The number of ether oxygens (including phenoxy) is 1. The van der Waals surface area contributed by atoms with Crippen LogP contribution in [-0.2, 0) is 4.74 Å². The van der Waals surface area contributed by atoms with Crippen molar-refractivity contribution < 1.29 is 9.53 Å². The molecule has 1 aromatic carbocycles. The van der Waals surface area contributed by atoms with E-state index < -0.39 is 0 Å². The first kappa shape index (κ1) is 16.4. The van der Waals surface area contributed by atoms with E-state index in [2.05, 4.69) is 24.1 Å². The zero-order chi connectivity index (χ0) is 17.4. The van der Waals surface area contributed by atoms with Gasteiger partial charge in [-0.3, -0.25) is 0 Å². The summed E-state index contributed by atoms with van der Waals surface area (Å²) in [6.07, 6.45) is 3.17. The third-order valence-corrected chi connectivity index (χ3v) is 5.22. The predicted octanol–water partition coefficient (Wildman–Crippen LogP) is 3.01. The largest absolute Gasteiger partial charge is 0.377 e. The van der Waals surface area contributed by atoms with Gasteiger partial charge in [0.05, 0.1) is 36.3 Å². The van der Waals surface area contributed by atoms with E-state index in [9.17, 15) is 4.79 Å². The molecule has 4 rings (SSSR count). The second-order valence-electron chi connectivity index (χ2n) is 7.48. The average Bonchev–Trinajstić information content (AvgIpc) is 3.08. The third-order valence-electron chi connectivity index (χ3n) is 5.22. The second kappa shape index (κ2) is 6.67. The van der Waals surface area contributed by atoms with Gasteiger partial charge in [0.15, 0.2) is 0 Å². The highest BCUT2D eigenvalue weighted by Crippen LogP contribution is 2.35. The van der Waals surface area contributed by atoms with Crippen LogP contribution in [0.5, 0.6) is 0 Å². The number of carbonyl (C=O) groups excluding carboxylic acids is 1. The molecular formula is C19H26N4O2. The minimum absolute atomic E-state index is 0.0877. The number of para-hydroxylation sites is 2. The van der Waals surface area contributed by atoms with Gasteiger partial charge in [0.25, 0.3) is 0 Å². The molecule has 2 aliphatic heterocycles. The first-order valence-electron chi connectivity index (χ1n) is 9.27. The summed E-state index contributed by atoms with van der Waals surface area (Å²) in [5.41, 5.74) is 1.73. The number of imidazole rings is 1. The Morgan fingerprint density at radius 2 is 2.00 bits per heavy atom. The predicted molar refractivity (Wildman–Crippen MR) is 98.1 cm³/mol. The van der Waals surface area contributed by atoms with Crippen molar-refractivity contribution in [1.82, 2.24) is 14.9 Å². The fourth-order valence-electron chi connectivity index (χ4n) is 3.89. The zero-order valence-corrected chi connectivity index (χ0v) is 14.9. The van der Waals surface area contributed by atoms with Crippen LogP contribution in [0.15, 0.2) is 24.3 Å². The topological polar surface area (TPSA) is 59.4 Å². The van der Waals surface area contributed by atoms with Gasteiger partial charge in [-0.1, -0.05) is 26.0 Å². The van der Waals surface area contributed by atoms with Gasteiger partial charge in [-0.2, -0.15) is 0 Å². The molecule has 0 unspecified atom stereocenters. The minimum Gasteiger partial charge on any atom is -0.377 e. The highest BCUT2D eigenvalue weighted by atomic mass is 16.5. The average molecular weight is 342 g/mol. The quantitative estimate of drug-likeness (QED) is 0.928. The number of anilines is 1. The maximum absolute atomic E-state index is 13.0. The fourth-order valence-corrected chi connectivity index (χ4v) is 3.89. The number of carbonyl (C=O) groups is 1. The molecule has 2 aromatic rings. The number of amides is 1. The molecule has 1 aromatic heterocycles. The van der Waals surface area contributed by atoms with E-state index in [1.165, 1.54) is 0 Å². The lowest BCUT2D eigenvalue weighted by atomic mass is 10.1. The molecule has 2 bridgehead atoms. The Kier molecular flexibility index (Phi) is 4.37. The molecule has 6 nitrogen and oxygen atoms in total. The highest BCUT2D eigenvalue weighted by molar-refractivity contribution is 5.93. The summed E-state index contributed by atoms with van der Waals surface area (Å²) in [7, 11) is 0. The summed E-state index contributed by atoms with van der Waals surface area (Å²) in [5.74, 6) is 1.33. The van der Waals surface area contributed by atoms with E-state index in [4.69, 9.17) is 9.72 Å². The summed E-state index contributed by atoms with van der Waals surface area (Å²) >= 11 is 0. The Labute approximate surface area is 148 Å². The Morgan fingerprint density at radius 3 is 2.72 bits per heavy atom. The van der Waals surface area contributed by atoms with Gasteiger partial charge in [0, 0.05) is 6.54 Å². The zero-order valence-electron chi connectivity index (χ0n) is 14.9. The lowest BCUT2D eigenvalue weighted by Gasteiger charge is -2.35. The monoisotopic (exact) mass is 342 g/mol. The van der Waals surface area contributed by atoms with Crippen LogP contribution in [-0.4, -0.2) is 47.4 Å². The molecule has 6 heteroatoms. The molecule has 0 radical (unpaired) electrons. The third kappa shape index (κ3) is 2.99. The Morgan fingerprint density at radius 1 is 1.28 bits per heavy atom. The number of nitrogens with zero attached hydrogens (tertiary/aromatic N) is 3. The highest BCUT2D eigenvalue weighted by Gasteiger charge is 2.40. The van der Waals surface area contributed by atoms with Gasteiger partial charge < -0.3 is 15.0 Å². The molecule has 134 valence electrons. The van der Waals surface area contributed by atoms with Crippen LogP contribution in [0.4, 0.5) is 10.7 Å². The number of fused-ring (bicyclic) bond motifs is 3. The standard InChI is InChI=1S/C19H26N4O2/c1-13(2)9-10-20-19(24)23-17-6-4-3-5-16(17)21-18(23)22-14-7-8-15(22)12-25-11-14/h3-6,13-15H,7-12H2,1-2H3,(H,20,24)/t14-,15+. The summed E-state index contributed by atoms with van der Waals surface area (Å²) in [6.45, 7) is 6.44. The minimum atomic E-state index is -0.0877. The summed E-state index contributed by atoms with van der Waals surface area (Å²) in [4.78, 5) is 20.1. The summed E-state index contributed by atoms with van der Waals surface area (Å²) in [5, 5.41) is 3.06. The van der Waals surface area contributed by atoms with Crippen molar-refractivity contribution in [2.45, 2.75) is 45.2 Å². The van der Waals surface area contributed by atoms with Gasteiger partial charge in [-0.25, -0.2) is 14.3 Å². The van der Waals surface area contributed by atoms with Gasteiger partial charge in [-0.05, 0) is 37.3 Å². The Balaban J connectivity index is 1.70. The molecule has 25 heavy (non-hydrogen) atoms. The number of hydrogen-bond acceptors (Lipinski definition) is 4. The molecule has 3 heterocycles. The maximum Gasteiger partial charge on any atom is 0.328 e. The van der Waals surface area contributed by atoms with Crippen LogP contribution in [0.3, 0.4) is 0 Å². The molecule has 1 N–H and O–H groups in total. The normalized spacial score (nSPS) is 22.8. The van der Waals surface area contributed by atoms with E-state index in [1.54, 1.807) is 4.57 Å². The molecule has 2 fully saturated rings. The smallest absolute Gasteiger partial charge is 0.328 e. The molecule has 0 spiro atoms. The van der Waals surface area contributed by atoms with Crippen molar-refractivity contribution in [3.8, 4) is 0 Å². The molecule has 2 atom stereocenters. The van der Waals surface area contributed by atoms with Crippen molar-refractivity contribution >= 4 is 23.0 Å². The number of hydrogen-bond donors (Lipinski definition) is 1. The van der Waals surface area contributed by atoms with Crippen molar-refractivity contribution in [3.05, 3.63) is 24.3 Å². The molecular weight excluding hydrogens is 316 g/mol. The van der Waals surface area contributed by atoms with Gasteiger partial charge in [0.2, 0.25) is 5.95 Å². The lowest BCUT2D eigenvalue weighted by molar-refractivity contribution is 0.0895. The van der Waals surface area contributed by atoms with E-state index in [0.29, 0.717) is 37.8 Å². The summed E-state index contributed by atoms with van der Waals surface area (Å²) in [6, 6.07) is 8.41. The molecule has 0 saturated carbocycles. The van der Waals surface area contributed by atoms with Crippen LogP contribution < -0.4 is 10.2 Å². The van der Waals surface area contributed by atoms with Crippen molar-refractivity contribution in [2.75, 3.05) is 24.7 Å². The first-order chi connectivity index (χ1) is 12.1. The van der Waals surface area contributed by atoms with Crippen LogP contribution in [0.2, 0.25) is 0 Å². The first-order valence-corrected chi connectivity index (χ1v) is 9.27. The molecule has 2 aliphatic rings. The number of nitrogens with one attached hydrogen (secondary N) is 1. The fraction of sp³-hybridized carbons (Fsp3) is 0.579.